The summed E-state index contributed by atoms with van der Waals surface area (Å²) in [6.07, 6.45) is 4.65. The van der Waals surface area contributed by atoms with Gasteiger partial charge in [0, 0.05) is 25.2 Å². The van der Waals surface area contributed by atoms with E-state index in [9.17, 15) is 9.90 Å². The van der Waals surface area contributed by atoms with Crippen LogP contribution in [0, 0.1) is 5.41 Å². The molecule has 2 atom stereocenters. The molecule has 2 aromatic rings. The number of hydrogen-bond acceptors (Lipinski definition) is 7. The Hall–Kier alpha value is -1.30. The lowest BCUT2D eigenvalue weighted by atomic mass is 9.47. The lowest BCUT2D eigenvalue weighted by molar-refractivity contribution is -0.363. The van der Waals surface area contributed by atoms with Crippen LogP contribution in [-0.2, 0) is 29.2 Å². The van der Waals surface area contributed by atoms with Crippen LogP contribution in [0.15, 0.2) is 17.0 Å². The predicted octanol–water partition coefficient (Wildman–Crippen LogP) is 2.53. The topological polar surface area (TPSA) is 104 Å². The molecule has 2 saturated heterocycles. The summed E-state index contributed by atoms with van der Waals surface area (Å²) in [7, 11) is 0. The number of carboxylic acid groups (broad SMARTS) is 1. The lowest BCUT2D eigenvalue weighted by Crippen LogP contribution is -2.74. The van der Waals surface area contributed by atoms with Crippen LogP contribution in [0.4, 0.5) is 0 Å². The summed E-state index contributed by atoms with van der Waals surface area (Å²) in [4.78, 5) is 21.6. The number of ether oxygens (including phenoxy) is 4. The number of hydrogen-bond donors (Lipinski definition) is 1. The summed E-state index contributed by atoms with van der Waals surface area (Å²) in [5, 5.41) is 10.6. The zero-order valence-electron chi connectivity index (χ0n) is 15.9. The Kier molecular flexibility index (Phi) is 3.97. The van der Waals surface area contributed by atoms with Gasteiger partial charge in [-0.2, -0.15) is 0 Å². The van der Waals surface area contributed by atoms with Gasteiger partial charge in [0.1, 0.15) is 21.4 Å². The first kappa shape index (κ1) is 19.4. The number of carboxylic acids is 1. The van der Waals surface area contributed by atoms with Gasteiger partial charge in [-0.3, -0.25) is 9.20 Å². The summed E-state index contributed by atoms with van der Waals surface area (Å²) in [5.74, 6) is -2.67. The molecule has 0 amide bonds. The second-order valence-corrected chi connectivity index (χ2v) is 9.49. The molecule has 3 saturated carbocycles. The Morgan fingerprint density at radius 2 is 1.77 bits per heavy atom. The molecule has 2 aliphatic heterocycles. The quantitative estimate of drug-likeness (QED) is 0.671. The van der Waals surface area contributed by atoms with Gasteiger partial charge in [0.2, 0.25) is 0 Å². The van der Waals surface area contributed by atoms with Crippen molar-refractivity contribution >= 4 is 39.0 Å². The molecular weight excluding hydrogens is 482 g/mol. The fourth-order valence-corrected chi connectivity index (χ4v) is 6.96. The number of rotatable bonds is 2. The first-order valence-electron chi connectivity index (χ1n) is 9.87. The van der Waals surface area contributed by atoms with Crippen molar-refractivity contribution in [2.24, 2.45) is 5.41 Å². The third-order valence-corrected chi connectivity index (χ3v) is 8.15. The van der Waals surface area contributed by atoms with Gasteiger partial charge in [0.25, 0.3) is 0 Å². The summed E-state index contributed by atoms with van der Waals surface area (Å²) < 4.78 is 27.0. The minimum Gasteiger partial charge on any atom is -0.481 e. The molecule has 3 aliphatic carbocycles. The Labute approximate surface area is 184 Å². The molecule has 2 unspecified atom stereocenters. The minimum absolute atomic E-state index is 0.126. The predicted molar refractivity (Wildman–Crippen MR) is 105 cm³/mol. The average molecular weight is 501 g/mol. The SMILES string of the molecule is O=C(O)C12CCC(c3nc(Br)c4c(Cl)nccn34)(CC13OCCO3)C1(C2)OCCO1. The molecule has 1 N–H and O–H groups in total. The molecule has 160 valence electrons. The highest BCUT2D eigenvalue weighted by molar-refractivity contribution is 9.10. The van der Waals surface area contributed by atoms with Gasteiger partial charge >= 0.3 is 5.97 Å². The molecule has 9 nitrogen and oxygen atoms in total. The molecule has 5 aliphatic rings. The van der Waals surface area contributed by atoms with Crippen molar-refractivity contribution in [2.75, 3.05) is 26.4 Å². The fourth-order valence-electron chi connectivity index (χ4n) is 6.06. The summed E-state index contributed by atoms with van der Waals surface area (Å²) in [6, 6.07) is 0. The first-order chi connectivity index (χ1) is 14.4. The van der Waals surface area contributed by atoms with E-state index in [-0.39, 0.29) is 12.8 Å². The molecule has 5 fully saturated rings. The highest BCUT2D eigenvalue weighted by Crippen LogP contribution is 2.69. The molecule has 2 aromatic heterocycles. The largest absolute Gasteiger partial charge is 0.481 e. The molecule has 0 radical (unpaired) electrons. The highest BCUT2D eigenvalue weighted by Gasteiger charge is 2.80. The van der Waals surface area contributed by atoms with Crippen molar-refractivity contribution in [2.45, 2.75) is 42.7 Å². The van der Waals surface area contributed by atoms with Crippen LogP contribution in [0.1, 0.15) is 31.5 Å². The number of carbonyl (C=O) groups is 1. The standard InChI is InChI=1S/C19H19BrClN3O6/c20-12-11-13(21)22-3-4-24(11)14(23-12)16-1-2-17(15(25)26,10-18(16)27-5-6-28-18)19(9-16)29-7-8-30-19/h3-4H,1-2,5-10H2,(H,25,26). The molecule has 30 heavy (non-hydrogen) atoms. The van der Waals surface area contributed by atoms with E-state index >= 15 is 0 Å². The van der Waals surface area contributed by atoms with E-state index < -0.39 is 28.4 Å². The maximum absolute atomic E-state index is 12.6. The second-order valence-electron chi connectivity index (χ2n) is 8.39. The van der Waals surface area contributed by atoms with Crippen molar-refractivity contribution in [1.29, 1.82) is 0 Å². The minimum atomic E-state index is -1.26. The van der Waals surface area contributed by atoms with E-state index in [1.807, 2.05) is 4.40 Å². The van der Waals surface area contributed by atoms with E-state index in [1.54, 1.807) is 12.4 Å². The molecule has 2 bridgehead atoms. The van der Waals surface area contributed by atoms with Gasteiger partial charge < -0.3 is 24.1 Å². The summed E-state index contributed by atoms with van der Waals surface area (Å²) in [5.41, 5.74) is -1.40. The zero-order valence-corrected chi connectivity index (χ0v) is 18.2. The van der Waals surface area contributed by atoms with Crippen LogP contribution in [0.25, 0.3) is 5.52 Å². The molecular formula is C19H19BrClN3O6. The van der Waals surface area contributed by atoms with Gasteiger partial charge in [-0.15, -0.1) is 0 Å². The van der Waals surface area contributed by atoms with E-state index in [0.29, 0.717) is 60.4 Å². The van der Waals surface area contributed by atoms with Gasteiger partial charge in [-0.1, -0.05) is 11.6 Å². The van der Waals surface area contributed by atoms with E-state index in [4.69, 9.17) is 35.5 Å². The molecule has 11 heteroatoms. The van der Waals surface area contributed by atoms with Crippen molar-refractivity contribution in [1.82, 2.24) is 14.4 Å². The average Bonchev–Trinajstić information content (AvgIpc) is 3.45. The van der Waals surface area contributed by atoms with Crippen LogP contribution in [0.5, 0.6) is 0 Å². The van der Waals surface area contributed by atoms with Crippen LogP contribution in [0.2, 0.25) is 5.15 Å². The Bertz CT molecular complexity index is 1070. The van der Waals surface area contributed by atoms with Crippen molar-refractivity contribution in [3.8, 4) is 0 Å². The second kappa shape index (κ2) is 6.14. The number of aromatic nitrogens is 3. The van der Waals surface area contributed by atoms with Crippen LogP contribution < -0.4 is 0 Å². The highest BCUT2D eigenvalue weighted by atomic mass is 79.9. The number of halogens is 2. The Morgan fingerprint density at radius 1 is 1.10 bits per heavy atom. The van der Waals surface area contributed by atoms with Crippen molar-refractivity contribution in [3.05, 3.63) is 28.0 Å². The maximum atomic E-state index is 12.6. The van der Waals surface area contributed by atoms with E-state index in [0.717, 1.165) is 0 Å². The van der Waals surface area contributed by atoms with E-state index in [1.165, 1.54) is 0 Å². The third kappa shape index (κ3) is 2.10. The Morgan fingerprint density at radius 3 is 2.43 bits per heavy atom. The molecule has 4 heterocycles. The number of aliphatic carboxylic acids is 1. The van der Waals surface area contributed by atoms with Crippen LogP contribution >= 0.6 is 27.5 Å². The van der Waals surface area contributed by atoms with Crippen molar-refractivity contribution in [3.63, 3.8) is 0 Å². The van der Waals surface area contributed by atoms with Gasteiger partial charge in [0.15, 0.2) is 16.7 Å². The Balaban J connectivity index is 1.63. The van der Waals surface area contributed by atoms with Gasteiger partial charge in [-0.25, -0.2) is 9.97 Å². The number of fused-ring (bicyclic) bond motifs is 2. The van der Waals surface area contributed by atoms with E-state index in [2.05, 4.69) is 20.9 Å². The molecule has 2 spiro atoms. The summed E-state index contributed by atoms with van der Waals surface area (Å²) >= 11 is 9.87. The van der Waals surface area contributed by atoms with Gasteiger partial charge in [-0.05, 0) is 28.8 Å². The summed E-state index contributed by atoms with van der Waals surface area (Å²) in [6.45, 7) is 1.47. The van der Waals surface area contributed by atoms with Crippen LogP contribution in [-0.4, -0.2) is 63.4 Å². The smallest absolute Gasteiger partial charge is 0.315 e. The van der Waals surface area contributed by atoms with Crippen LogP contribution in [0.3, 0.4) is 0 Å². The lowest BCUT2D eigenvalue weighted by Gasteiger charge is -2.64. The fraction of sp³-hybridized carbons (Fsp3) is 0.632. The third-order valence-electron chi connectivity index (χ3n) is 7.32. The number of nitrogens with zero attached hydrogens (tertiary/aromatic N) is 3. The number of imidazole rings is 1. The van der Waals surface area contributed by atoms with Crippen molar-refractivity contribution < 1.29 is 28.8 Å². The monoisotopic (exact) mass is 499 g/mol. The molecule has 7 rings (SSSR count). The normalized spacial score (nSPS) is 33.8. The molecule has 0 aromatic carbocycles. The zero-order chi connectivity index (χ0) is 20.8. The van der Waals surface area contributed by atoms with Gasteiger partial charge in [0.05, 0.1) is 31.8 Å². The first-order valence-corrected chi connectivity index (χ1v) is 11.0. The maximum Gasteiger partial charge on any atom is 0.315 e.